The molecule has 0 aliphatic carbocycles. The monoisotopic (exact) mass is 423 g/mol. The summed E-state index contributed by atoms with van der Waals surface area (Å²) in [6.45, 7) is 13.5. The van der Waals surface area contributed by atoms with Crippen LogP contribution in [0.5, 0.6) is 5.75 Å². The van der Waals surface area contributed by atoms with E-state index in [1.54, 1.807) is 7.11 Å². The third kappa shape index (κ3) is 7.08. The quantitative estimate of drug-likeness (QED) is 0.449. The molecule has 3 rings (SSSR count). The molecule has 0 radical (unpaired) electrons. The van der Waals surface area contributed by atoms with Crippen molar-refractivity contribution in [1.82, 2.24) is 4.90 Å². The van der Waals surface area contributed by atoms with Crippen molar-refractivity contribution in [2.75, 3.05) is 33.4 Å². The minimum atomic E-state index is 0.348. The van der Waals surface area contributed by atoms with E-state index in [1.807, 2.05) is 12.1 Å². The largest absolute Gasteiger partial charge is 0.496 e. The molecule has 1 heterocycles. The minimum absolute atomic E-state index is 0.348. The Kier molecular flexibility index (Phi) is 8.98. The molecule has 0 amide bonds. The highest BCUT2D eigenvalue weighted by Crippen LogP contribution is 2.30. The Labute approximate surface area is 189 Å². The summed E-state index contributed by atoms with van der Waals surface area (Å²) in [5.74, 6) is 2.68. The molecule has 0 spiro atoms. The molecule has 0 saturated carbocycles. The first-order valence-corrected chi connectivity index (χ1v) is 12.0. The van der Waals surface area contributed by atoms with E-state index in [9.17, 15) is 0 Å². The van der Waals surface area contributed by atoms with Crippen LogP contribution in [0, 0.1) is 5.92 Å². The zero-order valence-corrected chi connectivity index (χ0v) is 20.1. The van der Waals surface area contributed by atoms with Crippen LogP contribution in [0.4, 0.5) is 0 Å². The number of hydrogen-bond acceptors (Lipinski definition) is 3. The Morgan fingerprint density at radius 3 is 2.45 bits per heavy atom. The molecule has 1 saturated heterocycles. The van der Waals surface area contributed by atoms with Crippen molar-refractivity contribution in [2.45, 2.75) is 64.9 Å². The van der Waals surface area contributed by atoms with Gasteiger partial charge in [0.1, 0.15) is 5.75 Å². The van der Waals surface area contributed by atoms with E-state index in [0.717, 1.165) is 44.2 Å². The van der Waals surface area contributed by atoms with Gasteiger partial charge in [-0.25, -0.2) is 0 Å². The third-order valence-corrected chi connectivity index (χ3v) is 6.62. The Morgan fingerprint density at radius 1 is 1.00 bits per heavy atom. The van der Waals surface area contributed by atoms with Crippen LogP contribution in [-0.2, 0) is 11.2 Å². The number of morpholine rings is 1. The molecule has 0 N–H and O–H groups in total. The first kappa shape index (κ1) is 23.8. The van der Waals surface area contributed by atoms with Crippen molar-refractivity contribution in [1.29, 1.82) is 0 Å². The van der Waals surface area contributed by atoms with E-state index in [-0.39, 0.29) is 0 Å². The smallest absolute Gasteiger partial charge is 0.122 e. The topological polar surface area (TPSA) is 21.7 Å². The van der Waals surface area contributed by atoms with Crippen LogP contribution in [0.2, 0.25) is 0 Å². The van der Waals surface area contributed by atoms with E-state index in [1.165, 1.54) is 29.7 Å². The van der Waals surface area contributed by atoms with E-state index in [0.29, 0.717) is 17.9 Å². The van der Waals surface area contributed by atoms with E-state index < -0.39 is 0 Å². The normalized spacial score (nSPS) is 19.4. The van der Waals surface area contributed by atoms with E-state index in [2.05, 4.69) is 69.0 Å². The van der Waals surface area contributed by atoms with E-state index in [4.69, 9.17) is 9.47 Å². The molecular formula is C28H41NO2. The summed E-state index contributed by atoms with van der Waals surface area (Å²) < 4.78 is 11.6. The van der Waals surface area contributed by atoms with Crippen molar-refractivity contribution >= 4 is 0 Å². The predicted octanol–water partition coefficient (Wildman–Crippen LogP) is 6.28. The maximum absolute atomic E-state index is 6.10. The molecule has 170 valence electrons. The fraction of sp³-hybridized carbons (Fsp3) is 0.571. The van der Waals surface area contributed by atoms with Crippen molar-refractivity contribution in [3.63, 3.8) is 0 Å². The number of rotatable bonds is 10. The molecule has 1 fully saturated rings. The van der Waals surface area contributed by atoms with Gasteiger partial charge in [-0.15, -0.1) is 0 Å². The lowest BCUT2D eigenvalue weighted by Crippen LogP contribution is -2.43. The zero-order valence-electron chi connectivity index (χ0n) is 20.1. The Hall–Kier alpha value is -1.84. The lowest BCUT2D eigenvalue weighted by atomic mass is 9.90. The van der Waals surface area contributed by atoms with Crippen LogP contribution >= 0.6 is 0 Å². The number of hydrogen-bond donors (Lipinski definition) is 0. The molecule has 0 bridgehead atoms. The SMILES string of the molecule is COc1ccccc1[C@@H](C)Cc1ccc([C@@H](C)CC2CN(CCC(C)C)CCO2)cc1. The van der Waals surface area contributed by atoms with Gasteiger partial charge in [0.05, 0.1) is 19.8 Å². The minimum Gasteiger partial charge on any atom is -0.496 e. The summed E-state index contributed by atoms with van der Waals surface area (Å²) >= 11 is 0. The fourth-order valence-corrected chi connectivity index (χ4v) is 4.62. The summed E-state index contributed by atoms with van der Waals surface area (Å²) in [6.07, 6.45) is 3.73. The van der Waals surface area contributed by atoms with Gasteiger partial charge in [0, 0.05) is 13.1 Å². The molecule has 3 atom stereocenters. The molecule has 31 heavy (non-hydrogen) atoms. The van der Waals surface area contributed by atoms with Gasteiger partial charge >= 0.3 is 0 Å². The van der Waals surface area contributed by atoms with Gasteiger partial charge < -0.3 is 9.47 Å². The number of para-hydroxylation sites is 1. The maximum atomic E-state index is 6.10. The molecule has 2 aromatic rings. The Balaban J connectivity index is 1.53. The average Bonchev–Trinajstić information content (AvgIpc) is 2.78. The van der Waals surface area contributed by atoms with Gasteiger partial charge in [0.2, 0.25) is 0 Å². The zero-order chi connectivity index (χ0) is 22.2. The van der Waals surface area contributed by atoms with Crippen LogP contribution in [-0.4, -0.2) is 44.4 Å². The number of ether oxygens (including phenoxy) is 2. The summed E-state index contributed by atoms with van der Waals surface area (Å²) in [7, 11) is 1.75. The number of benzene rings is 2. The Bertz CT molecular complexity index is 786. The molecule has 3 heteroatoms. The molecule has 2 aromatic carbocycles. The van der Waals surface area contributed by atoms with Gasteiger partial charge in [0.25, 0.3) is 0 Å². The predicted molar refractivity (Wildman–Crippen MR) is 130 cm³/mol. The molecule has 0 aromatic heterocycles. The van der Waals surface area contributed by atoms with E-state index >= 15 is 0 Å². The summed E-state index contributed by atoms with van der Waals surface area (Å²) in [4.78, 5) is 2.59. The average molecular weight is 424 g/mol. The number of nitrogens with zero attached hydrogens (tertiary/aromatic N) is 1. The van der Waals surface area contributed by atoms with Crippen LogP contribution in [0.15, 0.2) is 48.5 Å². The molecule has 1 aliphatic rings. The summed E-state index contributed by atoms with van der Waals surface area (Å²) in [5.41, 5.74) is 4.07. The molecule has 1 unspecified atom stereocenters. The lowest BCUT2D eigenvalue weighted by molar-refractivity contribution is -0.0354. The van der Waals surface area contributed by atoms with Crippen molar-refractivity contribution in [2.24, 2.45) is 5.92 Å². The molecule has 1 aliphatic heterocycles. The van der Waals surface area contributed by atoms with Crippen molar-refractivity contribution in [3.05, 3.63) is 65.2 Å². The second-order valence-electron chi connectivity index (χ2n) is 9.70. The van der Waals surface area contributed by atoms with Crippen LogP contribution in [0.1, 0.15) is 69.1 Å². The van der Waals surface area contributed by atoms with Gasteiger partial charge in [-0.2, -0.15) is 0 Å². The first-order chi connectivity index (χ1) is 15.0. The standard InChI is InChI=1S/C28H41NO2/c1-21(2)14-15-29-16-17-31-26(20-29)19-22(3)25-12-10-24(11-13-25)18-23(4)27-8-6-7-9-28(27)30-5/h6-13,21-23,26H,14-20H2,1-5H3/t22-,23-,26?/m0/s1. The van der Waals surface area contributed by atoms with Crippen molar-refractivity contribution < 1.29 is 9.47 Å². The third-order valence-electron chi connectivity index (χ3n) is 6.62. The highest BCUT2D eigenvalue weighted by atomic mass is 16.5. The second-order valence-corrected chi connectivity index (χ2v) is 9.70. The van der Waals surface area contributed by atoms with Gasteiger partial charge in [0.15, 0.2) is 0 Å². The Morgan fingerprint density at radius 2 is 1.74 bits per heavy atom. The maximum Gasteiger partial charge on any atom is 0.122 e. The summed E-state index contributed by atoms with van der Waals surface area (Å²) in [5, 5.41) is 0. The lowest BCUT2D eigenvalue weighted by Gasteiger charge is -2.34. The van der Waals surface area contributed by atoms with Gasteiger partial charge in [-0.3, -0.25) is 4.90 Å². The second kappa shape index (κ2) is 11.7. The van der Waals surface area contributed by atoms with Crippen LogP contribution in [0.25, 0.3) is 0 Å². The van der Waals surface area contributed by atoms with Crippen molar-refractivity contribution in [3.8, 4) is 5.75 Å². The summed E-state index contributed by atoms with van der Waals surface area (Å²) in [6, 6.07) is 17.6. The highest BCUT2D eigenvalue weighted by Gasteiger charge is 2.23. The number of methoxy groups -OCH3 is 1. The van der Waals surface area contributed by atoms with Gasteiger partial charge in [-0.1, -0.05) is 70.2 Å². The molecule has 3 nitrogen and oxygen atoms in total. The highest BCUT2D eigenvalue weighted by molar-refractivity contribution is 5.37. The van der Waals surface area contributed by atoms with Gasteiger partial charge in [-0.05, 0) is 66.3 Å². The molecular weight excluding hydrogens is 382 g/mol. The first-order valence-electron chi connectivity index (χ1n) is 12.0. The fourth-order valence-electron chi connectivity index (χ4n) is 4.62. The van der Waals surface area contributed by atoms with Crippen LogP contribution < -0.4 is 4.74 Å². The van der Waals surface area contributed by atoms with Crippen LogP contribution in [0.3, 0.4) is 0 Å².